The Labute approximate surface area is 247 Å². The first-order chi connectivity index (χ1) is 19.9. The Kier molecular flexibility index (Phi) is 8.34. The Morgan fingerprint density at radius 1 is 0.976 bits per heavy atom. The van der Waals surface area contributed by atoms with Crippen LogP contribution in [0.5, 0.6) is 23.0 Å². The first-order valence-electron chi connectivity index (χ1n) is 12.7. The highest BCUT2D eigenvalue weighted by atomic mass is 35.5. The fourth-order valence-corrected chi connectivity index (χ4v) is 4.87. The number of esters is 1. The number of carbonyl (C=O) groups excluding carboxylic acids is 1. The van der Waals surface area contributed by atoms with Crippen molar-refractivity contribution in [3.8, 4) is 29.1 Å². The molecule has 4 aromatic rings. The Balaban J connectivity index is 1.46. The zero-order valence-corrected chi connectivity index (χ0v) is 23.4. The van der Waals surface area contributed by atoms with Gasteiger partial charge in [-0.15, -0.1) is 0 Å². The van der Waals surface area contributed by atoms with E-state index in [0.717, 1.165) is 11.1 Å². The van der Waals surface area contributed by atoms with E-state index in [4.69, 9.17) is 47.9 Å². The van der Waals surface area contributed by atoms with Gasteiger partial charge in [0.25, 0.3) is 0 Å². The highest BCUT2D eigenvalue weighted by Crippen LogP contribution is 2.45. The molecular formula is C32H24Cl2N2O5. The van der Waals surface area contributed by atoms with Crippen molar-refractivity contribution in [3.05, 3.63) is 129 Å². The third-order valence-electron chi connectivity index (χ3n) is 6.40. The van der Waals surface area contributed by atoms with Gasteiger partial charge in [0.2, 0.25) is 5.88 Å². The van der Waals surface area contributed by atoms with Crippen molar-refractivity contribution in [2.45, 2.75) is 19.4 Å². The molecule has 5 rings (SSSR count). The van der Waals surface area contributed by atoms with E-state index in [9.17, 15) is 10.1 Å². The number of nitriles is 1. The van der Waals surface area contributed by atoms with Crippen LogP contribution in [0.1, 0.15) is 39.9 Å². The molecule has 0 radical (unpaired) electrons. The first-order valence-corrected chi connectivity index (χ1v) is 13.5. The van der Waals surface area contributed by atoms with Crippen LogP contribution in [0.25, 0.3) is 0 Å². The summed E-state index contributed by atoms with van der Waals surface area (Å²) in [6, 6.07) is 26.5. The second kappa shape index (κ2) is 12.3. The molecule has 41 heavy (non-hydrogen) atoms. The van der Waals surface area contributed by atoms with Crippen LogP contribution in [-0.4, -0.2) is 12.6 Å². The Morgan fingerprint density at radius 3 is 2.56 bits per heavy atom. The van der Waals surface area contributed by atoms with Crippen LogP contribution < -0.4 is 24.7 Å². The summed E-state index contributed by atoms with van der Waals surface area (Å²) in [4.78, 5) is 12.6. The molecule has 0 aliphatic carbocycles. The van der Waals surface area contributed by atoms with Gasteiger partial charge in [-0.05, 0) is 55.0 Å². The molecule has 7 nitrogen and oxygen atoms in total. The second-order valence-electron chi connectivity index (χ2n) is 9.04. The Morgan fingerprint density at radius 2 is 1.80 bits per heavy atom. The van der Waals surface area contributed by atoms with Crippen LogP contribution in [0.15, 0.2) is 96.4 Å². The van der Waals surface area contributed by atoms with Gasteiger partial charge in [0.1, 0.15) is 29.7 Å². The summed E-state index contributed by atoms with van der Waals surface area (Å²) in [5.41, 5.74) is 8.99. The second-order valence-corrected chi connectivity index (χ2v) is 9.89. The first kappa shape index (κ1) is 27.9. The molecule has 2 N–H and O–H groups in total. The quantitative estimate of drug-likeness (QED) is 0.169. The van der Waals surface area contributed by atoms with Gasteiger partial charge in [0.15, 0.2) is 11.5 Å². The fourth-order valence-electron chi connectivity index (χ4n) is 4.49. The highest BCUT2D eigenvalue weighted by Gasteiger charge is 2.32. The number of ether oxygens (including phenoxy) is 4. The average molecular weight is 587 g/mol. The van der Waals surface area contributed by atoms with E-state index in [0.29, 0.717) is 45.0 Å². The number of hydrogen-bond donors (Lipinski definition) is 1. The van der Waals surface area contributed by atoms with E-state index < -0.39 is 11.9 Å². The van der Waals surface area contributed by atoms with Gasteiger partial charge in [0.05, 0.1) is 18.1 Å². The third-order valence-corrected chi connectivity index (χ3v) is 7.01. The van der Waals surface area contributed by atoms with E-state index in [1.807, 2.05) is 37.3 Å². The van der Waals surface area contributed by atoms with E-state index >= 15 is 0 Å². The lowest BCUT2D eigenvalue weighted by Crippen LogP contribution is -2.21. The molecule has 0 amide bonds. The molecule has 1 aliphatic rings. The van der Waals surface area contributed by atoms with Crippen LogP contribution >= 0.6 is 23.2 Å². The lowest BCUT2D eigenvalue weighted by Gasteiger charge is -2.27. The van der Waals surface area contributed by atoms with E-state index in [-0.39, 0.29) is 23.8 Å². The lowest BCUT2D eigenvalue weighted by molar-refractivity contribution is 0.0734. The molecule has 1 unspecified atom stereocenters. The molecule has 0 aromatic heterocycles. The summed E-state index contributed by atoms with van der Waals surface area (Å²) in [7, 11) is 0. The predicted octanol–water partition coefficient (Wildman–Crippen LogP) is 7.41. The minimum atomic E-state index is -0.574. The number of nitrogens with two attached hydrogens (primary N) is 1. The number of hydrogen-bond acceptors (Lipinski definition) is 7. The number of fused-ring (bicyclic) bond motifs is 1. The molecule has 0 spiro atoms. The molecule has 4 aromatic carbocycles. The molecule has 9 heteroatoms. The topological polar surface area (TPSA) is 104 Å². The van der Waals surface area contributed by atoms with Crippen LogP contribution in [0, 0.1) is 11.3 Å². The maximum Gasteiger partial charge on any atom is 0.343 e. The molecule has 1 heterocycles. The van der Waals surface area contributed by atoms with Gasteiger partial charge >= 0.3 is 5.97 Å². The minimum absolute atomic E-state index is 0.0414. The van der Waals surface area contributed by atoms with Crippen LogP contribution in [0.2, 0.25) is 10.0 Å². The highest BCUT2D eigenvalue weighted by molar-refractivity contribution is 6.31. The van der Waals surface area contributed by atoms with Crippen molar-refractivity contribution in [3.63, 3.8) is 0 Å². The lowest BCUT2D eigenvalue weighted by atomic mass is 9.83. The van der Waals surface area contributed by atoms with Gasteiger partial charge in [0, 0.05) is 27.2 Å². The summed E-state index contributed by atoms with van der Waals surface area (Å²) in [6.07, 6.45) is 0. The van der Waals surface area contributed by atoms with Crippen molar-refractivity contribution in [2.24, 2.45) is 5.73 Å². The molecule has 0 fully saturated rings. The predicted molar refractivity (Wildman–Crippen MR) is 156 cm³/mol. The monoisotopic (exact) mass is 586 g/mol. The van der Waals surface area contributed by atoms with Crippen molar-refractivity contribution < 1.29 is 23.7 Å². The van der Waals surface area contributed by atoms with Gasteiger partial charge < -0.3 is 24.7 Å². The number of benzene rings is 4. The van der Waals surface area contributed by atoms with E-state index in [2.05, 4.69) is 6.07 Å². The van der Waals surface area contributed by atoms with Crippen LogP contribution in [-0.2, 0) is 6.61 Å². The summed E-state index contributed by atoms with van der Waals surface area (Å²) in [5, 5.41) is 11.0. The van der Waals surface area contributed by atoms with Crippen molar-refractivity contribution >= 4 is 29.2 Å². The summed E-state index contributed by atoms with van der Waals surface area (Å²) in [5.74, 6) is 0.474. The largest absolute Gasteiger partial charge is 0.490 e. The van der Waals surface area contributed by atoms with Gasteiger partial charge in [-0.25, -0.2) is 4.79 Å². The number of rotatable bonds is 8. The average Bonchev–Trinajstić information content (AvgIpc) is 2.96. The molecule has 206 valence electrons. The smallest absolute Gasteiger partial charge is 0.343 e. The van der Waals surface area contributed by atoms with Gasteiger partial charge in [-0.2, -0.15) is 5.26 Å². The summed E-state index contributed by atoms with van der Waals surface area (Å²) in [6.45, 7) is 2.53. The zero-order valence-electron chi connectivity index (χ0n) is 21.9. The Bertz CT molecular complexity index is 1700. The molecule has 0 saturated carbocycles. The molecule has 1 aliphatic heterocycles. The maximum absolute atomic E-state index is 12.6. The SMILES string of the molecule is CCOc1cc(C2C(C#N)=C(N)Oc3cc(OC(=O)c4cccc(Cl)c4)ccc32)ccc1OCc1ccccc1Cl. The minimum Gasteiger partial charge on any atom is -0.490 e. The molecule has 0 bridgehead atoms. The normalized spacial score (nSPS) is 14.0. The number of halogens is 2. The van der Waals surface area contributed by atoms with Crippen molar-refractivity contribution in [1.82, 2.24) is 0 Å². The number of allylic oxidation sites excluding steroid dienone is 1. The summed E-state index contributed by atoms with van der Waals surface area (Å²) >= 11 is 12.3. The Hall–Kier alpha value is -4.64. The van der Waals surface area contributed by atoms with Crippen LogP contribution in [0.3, 0.4) is 0 Å². The number of carbonyl (C=O) groups is 1. The van der Waals surface area contributed by atoms with Crippen molar-refractivity contribution in [2.75, 3.05) is 6.61 Å². The standard InChI is InChI=1S/C32H24Cl2N2O5/c1-2-38-29-15-19(10-13-27(29)39-18-21-6-3-4-9-26(21)34)30-24-12-11-23(16-28(24)41-31(36)25(30)17-35)40-32(37)20-7-5-8-22(33)14-20/h3-16,30H,2,18,36H2,1H3. The third kappa shape index (κ3) is 6.09. The molecular weight excluding hydrogens is 563 g/mol. The molecule has 1 atom stereocenters. The fraction of sp³-hybridized carbons (Fsp3) is 0.125. The van der Waals surface area contributed by atoms with E-state index in [1.54, 1.807) is 48.5 Å². The summed E-state index contributed by atoms with van der Waals surface area (Å²) < 4.78 is 23.3. The number of nitrogens with zero attached hydrogens (tertiary/aromatic N) is 1. The van der Waals surface area contributed by atoms with Gasteiger partial charge in [-0.3, -0.25) is 0 Å². The van der Waals surface area contributed by atoms with Gasteiger partial charge in [-0.1, -0.05) is 59.6 Å². The maximum atomic E-state index is 12.6. The zero-order chi connectivity index (χ0) is 28.9. The molecule has 0 saturated heterocycles. The van der Waals surface area contributed by atoms with E-state index in [1.165, 1.54) is 6.07 Å². The van der Waals surface area contributed by atoms with Crippen LogP contribution in [0.4, 0.5) is 0 Å². The van der Waals surface area contributed by atoms with Crippen molar-refractivity contribution in [1.29, 1.82) is 5.26 Å².